The Morgan fingerprint density at radius 1 is 1.03 bits per heavy atom. The first-order valence-corrected chi connectivity index (χ1v) is 9.84. The van der Waals surface area contributed by atoms with E-state index in [1.165, 1.54) is 6.07 Å². The molecule has 2 aliphatic carbocycles. The number of nitrogens with one attached hydrogen (secondary N) is 1. The average Bonchev–Trinajstić information content (AvgIpc) is 3.54. The highest BCUT2D eigenvalue weighted by Gasteiger charge is 2.28. The molecule has 1 aromatic heterocycles. The van der Waals surface area contributed by atoms with Gasteiger partial charge in [0.1, 0.15) is 23.0 Å². The standard InChI is InChI=1S/C23H19F2N3O/c24-18-5-2-6-19(25)20(18)23(29)27-16-9-10-17-14(11-16)3-1-4-15-12-26-22(13-7-8-13)28-21(15)17/h2,5-6,9-13H,1,3-4,7-8H2,(H,27,29). The number of aromatic nitrogens is 2. The lowest BCUT2D eigenvalue weighted by molar-refractivity contribution is 0.101. The lowest BCUT2D eigenvalue weighted by Crippen LogP contribution is -2.16. The molecule has 2 aliphatic rings. The minimum absolute atomic E-state index is 0.473. The molecule has 1 fully saturated rings. The third kappa shape index (κ3) is 3.39. The second kappa shape index (κ2) is 7.03. The number of aryl methyl sites for hydroxylation is 2. The van der Waals surface area contributed by atoms with Crippen molar-refractivity contribution in [3.8, 4) is 11.3 Å². The van der Waals surface area contributed by atoms with Crippen LogP contribution >= 0.6 is 0 Å². The quantitative estimate of drug-likeness (QED) is 0.681. The summed E-state index contributed by atoms with van der Waals surface area (Å²) in [5.74, 6) is -1.18. The van der Waals surface area contributed by atoms with E-state index < -0.39 is 23.1 Å². The molecule has 0 unspecified atom stereocenters. The Morgan fingerprint density at radius 3 is 2.55 bits per heavy atom. The summed E-state index contributed by atoms with van der Waals surface area (Å²) >= 11 is 0. The van der Waals surface area contributed by atoms with E-state index in [-0.39, 0.29) is 0 Å². The van der Waals surface area contributed by atoms with Gasteiger partial charge >= 0.3 is 0 Å². The van der Waals surface area contributed by atoms with E-state index in [1.54, 1.807) is 6.07 Å². The van der Waals surface area contributed by atoms with E-state index in [1.807, 2.05) is 18.3 Å². The molecule has 0 aliphatic heterocycles. The number of anilines is 1. The lowest BCUT2D eigenvalue weighted by Gasteiger charge is -2.12. The van der Waals surface area contributed by atoms with Crippen LogP contribution in [0.1, 0.15) is 52.5 Å². The molecule has 3 aromatic rings. The number of nitrogens with zero attached hydrogens (tertiary/aromatic N) is 2. The molecule has 0 atom stereocenters. The summed E-state index contributed by atoms with van der Waals surface area (Å²) in [6, 6.07) is 8.94. The molecule has 1 amide bonds. The average molecular weight is 391 g/mol. The molecule has 0 bridgehead atoms. The summed E-state index contributed by atoms with van der Waals surface area (Å²) in [4.78, 5) is 21.8. The molecular formula is C23H19F2N3O. The SMILES string of the molecule is O=C(Nc1ccc2c(c1)CCCc1cnc(C3CC3)nc1-2)c1c(F)cccc1F. The number of carbonyl (C=O) groups excluding carboxylic acids is 1. The minimum Gasteiger partial charge on any atom is -0.322 e. The highest BCUT2D eigenvalue weighted by atomic mass is 19.1. The third-order valence-electron chi connectivity index (χ3n) is 5.53. The van der Waals surface area contributed by atoms with Crippen molar-refractivity contribution in [2.45, 2.75) is 38.0 Å². The molecule has 0 radical (unpaired) electrons. The van der Waals surface area contributed by atoms with Crippen LogP contribution in [-0.4, -0.2) is 15.9 Å². The summed E-state index contributed by atoms with van der Waals surface area (Å²) in [6.07, 6.45) is 6.92. The molecule has 1 saturated carbocycles. The van der Waals surface area contributed by atoms with Crippen LogP contribution in [0.4, 0.5) is 14.5 Å². The van der Waals surface area contributed by atoms with Gasteiger partial charge in [-0.1, -0.05) is 12.1 Å². The van der Waals surface area contributed by atoms with Crippen LogP contribution in [0.5, 0.6) is 0 Å². The van der Waals surface area contributed by atoms with Crippen molar-refractivity contribution >= 4 is 11.6 Å². The minimum atomic E-state index is -0.879. The monoisotopic (exact) mass is 391 g/mol. The largest absolute Gasteiger partial charge is 0.322 e. The molecule has 0 saturated heterocycles. The Hall–Kier alpha value is -3.15. The van der Waals surface area contributed by atoms with Crippen molar-refractivity contribution in [3.05, 3.63) is 76.7 Å². The van der Waals surface area contributed by atoms with Gasteiger partial charge in [-0.05, 0) is 67.5 Å². The molecule has 1 N–H and O–H groups in total. The van der Waals surface area contributed by atoms with Gasteiger partial charge < -0.3 is 5.32 Å². The van der Waals surface area contributed by atoms with Crippen LogP contribution in [0.2, 0.25) is 0 Å². The van der Waals surface area contributed by atoms with E-state index >= 15 is 0 Å². The van der Waals surface area contributed by atoms with Gasteiger partial charge in [0.2, 0.25) is 0 Å². The first kappa shape index (κ1) is 17.9. The van der Waals surface area contributed by atoms with Gasteiger partial charge in [0.05, 0.1) is 5.69 Å². The van der Waals surface area contributed by atoms with Crippen LogP contribution in [0.15, 0.2) is 42.6 Å². The topological polar surface area (TPSA) is 54.9 Å². The Labute approximate surface area is 167 Å². The number of rotatable bonds is 3. The van der Waals surface area contributed by atoms with E-state index in [4.69, 9.17) is 4.98 Å². The van der Waals surface area contributed by atoms with Crippen LogP contribution in [0, 0.1) is 11.6 Å². The fraction of sp³-hybridized carbons (Fsp3) is 0.261. The highest BCUT2D eigenvalue weighted by Crippen LogP contribution is 2.40. The molecule has 6 heteroatoms. The second-order valence-electron chi connectivity index (χ2n) is 7.65. The number of hydrogen-bond donors (Lipinski definition) is 1. The van der Waals surface area contributed by atoms with E-state index in [2.05, 4.69) is 10.3 Å². The van der Waals surface area contributed by atoms with Gasteiger partial charge in [-0.15, -0.1) is 0 Å². The van der Waals surface area contributed by atoms with E-state index in [0.717, 1.165) is 72.4 Å². The number of benzene rings is 2. The van der Waals surface area contributed by atoms with Crippen LogP contribution < -0.4 is 5.32 Å². The zero-order valence-corrected chi connectivity index (χ0v) is 15.7. The first-order valence-electron chi connectivity index (χ1n) is 9.84. The van der Waals surface area contributed by atoms with Crippen molar-refractivity contribution in [1.82, 2.24) is 9.97 Å². The Bertz CT molecular complexity index is 1100. The predicted octanol–water partition coefficient (Wildman–Crippen LogP) is 5.04. The van der Waals surface area contributed by atoms with Crippen molar-refractivity contribution in [2.75, 3.05) is 5.32 Å². The Kier molecular flexibility index (Phi) is 4.34. The zero-order valence-electron chi connectivity index (χ0n) is 15.7. The number of amides is 1. The van der Waals surface area contributed by atoms with Crippen LogP contribution in [0.3, 0.4) is 0 Å². The van der Waals surface area contributed by atoms with Crippen molar-refractivity contribution < 1.29 is 13.6 Å². The second-order valence-corrected chi connectivity index (χ2v) is 7.65. The fourth-order valence-corrected chi connectivity index (χ4v) is 3.86. The van der Waals surface area contributed by atoms with Gasteiger partial charge in [0, 0.05) is 23.4 Å². The number of halogens is 2. The maximum atomic E-state index is 13.9. The molecule has 29 heavy (non-hydrogen) atoms. The maximum absolute atomic E-state index is 13.9. The predicted molar refractivity (Wildman–Crippen MR) is 106 cm³/mol. The van der Waals surface area contributed by atoms with Gasteiger partial charge in [0.25, 0.3) is 5.91 Å². The summed E-state index contributed by atoms with van der Waals surface area (Å²) in [5, 5.41) is 2.62. The van der Waals surface area contributed by atoms with E-state index in [0.29, 0.717) is 11.6 Å². The summed E-state index contributed by atoms with van der Waals surface area (Å²) in [6.45, 7) is 0. The third-order valence-corrected chi connectivity index (χ3v) is 5.53. The highest BCUT2D eigenvalue weighted by molar-refractivity contribution is 6.04. The Balaban J connectivity index is 1.48. The lowest BCUT2D eigenvalue weighted by atomic mass is 10.0. The molecule has 2 aromatic carbocycles. The number of hydrogen-bond acceptors (Lipinski definition) is 3. The van der Waals surface area contributed by atoms with Crippen molar-refractivity contribution in [2.24, 2.45) is 0 Å². The van der Waals surface area contributed by atoms with Gasteiger partial charge in [0.15, 0.2) is 0 Å². The van der Waals surface area contributed by atoms with Crippen molar-refractivity contribution in [1.29, 1.82) is 0 Å². The van der Waals surface area contributed by atoms with Crippen molar-refractivity contribution in [3.63, 3.8) is 0 Å². The van der Waals surface area contributed by atoms with Gasteiger partial charge in [-0.2, -0.15) is 0 Å². The molecule has 146 valence electrons. The zero-order chi connectivity index (χ0) is 20.0. The maximum Gasteiger partial charge on any atom is 0.261 e. The summed E-state index contributed by atoms with van der Waals surface area (Å²) < 4.78 is 27.8. The smallest absolute Gasteiger partial charge is 0.261 e. The van der Waals surface area contributed by atoms with Gasteiger partial charge in [-0.25, -0.2) is 18.7 Å². The number of carbonyl (C=O) groups is 1. The number of fused-ring (bicyclic) bond motifs is 3. The van der Waals surface area contributed by atoms with Gasteiger partial charge in [-0.3, -0.25) is 4.79 Å². The Morgan fingerprint density at radius 2 is 1.79 bits per heavy atom. The van der Waals surface area contributed by atoms with Crippen LogP contribution in [-0.2, 0) is 12.8 Å². The van der Waals surface area contributed by atoms with Crippen LogP contribution in [0.25, 0.3) is 11.3 Å². The molecule has 1 heterocycles. The normalized spacial score (nSPS) is 15.2. The fourth-order valence-electron chi connectivity index (χ4n) is 3.86. The molecule has 5 rings (SSSR count). The van der Waals surface area contributed by atoms with E-state index in [9.17, 15) is 13.6 Å². The molecule has 0 spiro atoms. The molecular weight excluding hydrogens is 372 g/mol. The summed E-state index contributed by atoms with van der Waals surface area (Å²) in [7, 11) is 0. The molecule has 4 nitrogen and oxygen atoms in total. The summed E-state index contributed by atoms with van der Waals surface area (Å²) in [5.41, 5.74) is 4.14. The first-order chi connectivity index (χ1) is 14.1.